The predicted molar refractivity (Wildman–Crippen MR) is 89.4 cm³/mol. The molecular formula is C18H30N2. The number of nitrogen functional groups attached to an aromatic ring is 1. The number of nitrogens with two attached hydrogens (primary N) is 1. The van der Waals surface area contributed by atoms with Gasteiger partial charge in [0, 0.05) is 13.1 Å². The Kier molecular flexibility index (Phi) is 6.23. The van der Waals surface area contributed by atoms with E-state index in [0.29, 0.717) is 0 Å². The van der Waals surface area contributed by atoms with E-state index >= 15 is 0 Å². The van der Waals surface area contributed by atoms with Crippen LogP contribution in [-0.2, 0) is 6.42 Å². The highest BCUT2D eigenvalue weighted by atomic mass is 15.2. The van der Waals surface area contributed by atoms with E-state index in [1.54, 1.807) is 0 Å². The maximum Gasteiger partial charge on any atom is 0.0633 e. The molecule has 1 heterocycles. The lowest BCUT2D eigenvalue weighted by molar-refractivity contribution is 0.573. The van der Waals surface area contributed by atoms with Crippen LogP contribution in [0.25, 0.3) is 0 Å². The van der Waals surface area contributed by atoms with Gasteiger partial charge < -0.3 is 10.6 Å². The van der Waals surface area contributed by atoms with E-state index < -0.39 is 0 Å². The van der Waals surface area contributed by atoms with E-state index in [-0.39, 0.29) is 0 Å². The van der Waals surface area contributed by atoms with Gasteiger partial charge in [0.1, 0.15) is 0 Å². The van der Waals surface area contributed by atoms with Crippen molar-refractivity contribution in [2.45, 2.75) is 64.7 Å². The maximum absolute atomic E-state index is 6.12. The second-order valence-electron chi connectivity index (χ2n) is 6.07. The van der Waals surface area contributed by atoms with Gasteiger partial charge in [-0.05, 0) is 24.5 Å². The molecule has 1 aromatic carbocycles. The van der Waals surface area contributed by atoms with E-state index in [9.17, 15) is 0 Å². The van der Waals surface area contributed by atoms with Crippen LogP contribution in [0, 0.1) is 0 Å². The van der Waals surface area contributed by atoms with Crippen LogP contribution in [0.15, 0.2) is 18.2 Å². The minimum absolute atomic E-state index is 0.958. The first-order valence-electron chi connectivity index (χ1n) is 8.45. The van der Waals surface area contributed by atoms with E-state index in [2.05, 4.69) is 24.0 Å². The fourth-order valence-corrected chi connectivity index (χ4v) is 3.23. The molecule has 1 aromatic rings. The average Bonchev–Trinajstić information content (AvgIpc) is 2.86. The van der Waals surface area contributed by atoms with Gasteiger partial charge in [-0.2, -0.15) is 0 Å². The Morgan fingerprint density at radius 2 is 1.70 bits per heavy atom. The molecule has 1 aliphatic rings. The Bertz CT molecular complexity index is 400. The molecule has 2 rings (SSSR count). The van der Waals surface area contributed by atoms with Crippen molar-refractivity contribution in [1.82, 2.24) is 0 Å². The van der Waals surface area contributed by atoms with Crippen molar-refractivity contribution in [3.8, 4) is 0 Å². The fraction of sp³-hybridized carbons (Fsp3) is 0.667. The Morgan fingerprint density at radius 3 is 2.45 bits per heavy atom. The zero-order valence-electron chi connectivity index (χ0n) is 13.0. The number of unbranched alkanes of at least 4 members (excludes halogenated alkanes) is 7. The summed E-state index contributed by atoms with van der Waals surface area (Å²) in [4.78, 5) is 2.49. The Labute approximate surface area is 124 Å². The summed E-state index contributed by atoms with van der Waals surface area (Å²) >= 11 is 0. The normalized spacial score (nSPS) is 13.8. The predicted octanol–water partition coefficient (Wildman–Crippen LogP) is 4.77. The number of hydrogen-bond acceptors (Lipinski definition) is 2. The van der Waals surface area contributed by atoms with Crippen LogP contribution in [0.4, 0.5) is 11.4 Å². The van der Waals surface area contributed by atoms with Crippen LogP contribution in [0.1, 0.15) is 63.9 Å². The van der Waals surface area contributed by atoms with Crippen molar-refractivity contribution in [2.24, 2.45) is 0 Å². The number of rotatable bonds is 9. The van der Waals surface area contributed by atoms with Gasteiger partial charge >= 0.3 is 0 Å². The summed E-state index contributed by atoms with van der Waals surface area (Å²) < 4.78 is 0. The zero-order chi connectivity index (χ0) is 14.2. The first-order chi connectivity index (χ1) is 9.83. The minimum Gasteiger partial charge on any atom is -0.397 e. The number of anilines is 2. The van der Waals surface area contributed by atoms with Crippen molar-refractivity contribution in [1.29, 1.82) is 0 Å². The molecule has 1 aliphatic heterocycles. The van der Waals surface area contributed by atoms with Gasteiger partial charge in [0.25, 0.3) is 0 Å². The lowest BCUT2D eigenvalue weighted by Crippen LogP contribution is -2.22. The van der Waals surface area contributed by atoms with Crippen molar-refractivity contribution in [3.63, 3.8) is 0 Å². The van der Waals surface area contributed by atoms with Gasteiger partial charge in [0.05, 0.1) is 11.4 Å². The molecule has 0 aliphatic carbocycles. The average molecular weight is 274 g/mol. The Morgan fingerprint density at radius 1 is 1.00 bits per heavy atom. The van der Waals surface area contributed by atoms with Gasteiger partial charge in [-0.1, -0.05) is 64.0 Å². The van der Waals surface area contributed by atoms with Crippen molar-refractivity contribution < 1.29 is 0 Å². The highest BCUT2D eigenvalue weighted by molar-refractivity contribution is 5.74. The minimum atomic E-state index is 0.958. The molecule has 20 heavy (non-hydrogen) atoms. The standard InChI is InChI=1S/C18H30N2/c1-2-3-4-5-6-7-8-9-14-20-15-13-16-11-10-12-17(19)18(16)20/h10-12H,2-9,13-15,19H2,1H3. The highest BCUT2D eigenvalue weighted by Crippen LogP contribution is 2.33. The molecule has 0 atom stereocenters. The van der Waals surface area contributed by atoms with Gasteiger partial charge in [0.2, 0.25) is 0 Å². The van der Waals surface area contributed by atoms with E-state index in [1.807, 2.05) is 6.07 Å². The number of para-hydroxylation sites is 1. The second kappa shape index (κ2) is 8.18. The first-order valence-corrected chi connectivity index (χ1v) is 8.45. The van der Waals surface area contributed by atoms with Gasteiger partial charge in [-0.15, -0.1) is 0 Å². The molecule has 2 heteroatoms. The molecule has 2 nitrogen and oxygen atoms in total. The molecule has 0 aromatic heterocycles. The topological polar surface area (TPSA) is 29.3 Å². The van der Waals surface area contributed by atoms with Crippen LogP contribution in [0.2, 0.25) is 0 Å². The molecule has 0 fully saturated rings. The lowest BCUT2D eigenvalue weighted by atomic mass is 10.1. The molecular weight excluding hydrogens is 244 g/mol. The summed E-state index contributed by atoms with van der Waals surface area (Å²) in [6, 6.07) is 6.33. The summed E-state index contributed by atoms with van der Waals surface area (Å²) in [5.74, 6) is 0. The van der Waals surface area contributed by atoms with Crippen LogP contribution < -0.4 is 10.6 Å². The lowest BCUT2D eigenvalue weighted by Gasteiger charge is -2.20. The van der Waals surface area contributed by atoms with E-state index in [0.717, 1.165) is 18.7 Å². The zero-order valence-corrected chi connectivity index (χ0v) is 13.0. The molecule has 0 spiro atoms. The summed E-state index contributed by atoms with van der Waals surface area (Å²) in [5, 5.41) is 0. The van der Waals surface area contributed by atoms with Crippen LogP contribution >= 0.6 is 0 Å². The maximum atomic E-state index is 6.12. The Hall–Kier alpha value is -1.18. The quantitative estimate of drug-likeness (QED) is 0.519. The van der Waals surface area contributed by atoms with Crippen LogP contribution in [0.5, 0.6) is 0 Å². The third kappa shape index (κ3) is 4.16. The van der Waals surface area contributed by atoms with Crippen molar-refractivity contribution in [2.75, 3.05) is 23.7 Å². The second-order valence-corrected chi connectivity index (χ2v) is 6.07. The molecule has 0 radical (unpaired) electrons. The first kappa shape index (κ1) is 15.2. The number of hydrogen-bond donors (Lipinski definition) is 1. The smallest absolute Gasteiger partial charge is 0.0633 e. The molecule has 2 N–H and O–H groups in total. The largest absolute Gasteiger partial charge is 0.397 e. The third-order valence-corrected chi connectivity index (χ3v) is 4.40. The fourth-order valence-electron chi connectivity index (χ4n) is 3.23. The van der Waals surface area contributed by atoms with E-state index in [1.165, 1.54) is 69.2 Å². The number of fused-ring (bicyclic) bond motifs is 1. The summed E-state index contributed by atoms with van der Waals surface area (Å²) in [5.41, 5.74) is 9.83. The van der Waals surface area contributed by atoms with Crippen LogP contribution in [-0.4, -0.2) is 13.1 Å². The van der Waals surface area contributed by atoms with Crippen LogP contribution in [0.3, 0.4) is 0 Å². The van der Waals surface area contributed by atoms with Gasteiger partial charge in [0.15, 0.2) is 0 Å². The number of benzene rings is 1. The Balaban J connectivity index is 1.62. The number of nitrogens with zero attached hydrogens (tertiary/aromatic N) is 1. The SMILES string of the molecule is CCCCCCCCCCN1CCc2cccc(N)c21. The molecule has 0 amide bonds. The monoisotopic (exact) mass is 274 g/mol. The molecule has 0 saturated heterocycles. The van der Waals surface area contributed by atoms with Gasteiger partial charge in [-0.3, -0.25) is 0 Å². The highest BCUT2D eigenvalue weighted by Gasteiger charge is 2.20. The molecule has 0 saturated carbocycles. The molecule has 0 bridgehead atoms. The summed E-state index contributed by atoms with van der Waals surface area (Å²) in [7, 11) is 0. The summed E-state index contributed by atoms with van der Waals surface area (Å²) in [6.45, 7) is 4.61. The van der Waals surface area contributed by atoms with E-state index in [4.69, 9.17) is 5.73 Å². The molecule has 0 unspecified atom stereocenters. The van der Waals surface area contributed by atoms with Crippen molar-refractivity contribution in [3.05, 3.63) is 23.8 Å². The van der Waals surface area contributed by atoms with Crippen molar-refractivity contribution >= 4 is 11.4 Å². The summed E-state index contributed by atoms with van der Waals surface area (Å²) in [6.07, 6.45) is 12.2. The third-order valence-electron chi connectivity index (χ3n) is 4.40. The molecule has 112 valence electrons. The van der Waals surface area contributed by atoms with Gasteiger partial charge in [-0.25, -0.2) is 0 Å².